The summed E-state index contributed by atoms with van der Waals surface area (Å²) in [6.45, 7) is 2.48. The molecular weight excluding hydrogens is 561 g/mol. The molecule has 40 heavy (non-hydrogen) atoms. The van der Waals surface area contributed by atoms with E-state index in [1.165, 1.54) is 0 Å². The van der Waals surface area contributed by atoms with Crippen LogP contribution in [0.1, 0.15) is 26.3 Å². The first-order chi connectivity index (χ1) is 19.1. The third kappa shape index (κ3) is 5.77. The summed E-state index contributed by atoms with van der Waals surface area (Å²) in [5.74, 6) is 1.75. The molecule has 6 rings (SSSR count). The highest BCUT2D eigenvalue weighted by Gasteiger charge is 2.33. The van der Waals surface area contributed by atoms with Gasteiger partial charge in [0, 0.05) is 54.1 Å². The van der Waals surface area contributed by atoms with Crippen molar-refractivity contribution in [2.45, 2.75) is 12.6 Å². The third-order valence-electron chi connectivity index (χ3n) is 7.36. The van der Waals surface area contributed by atoms with Crippen LogP contribution < -0.4 is 10.2 Å². The first-order valence-corrected chi connectivity index (χ1v) is 14.6. The van der Waals surface area contributed by atoms with Crippen LogP contribution in [0.3, 0.4) is 0 Å². The van der Waals surface area contributed by atoms with Crippen molar-refractivity contribution in [3.05, 3.63) is 119 Å². The molecule has 1 saturated heterocycles. The number of nitrogens with zero attached hydrogens (tertiary/aromatic N) is 2. The van der Waals surface area contributed by atoms with Gasteiger partial charge in [-0.05, 0) is 47.0 Å². The van der Waals surface area contributed by atoms with E-state index in [-0.39, 0.29) is 24.2 Å². The van der Waals surface area contributed by atoms with Crippen LogP contribution in [0, 0.1) is 0 Å². The fourth-order valence-electron chi connectivity index (χ4n) is 5.35. The van der Waals surface area contributed by atoms with Crippen molar-refractivity contribution in [2.75, 3.05) is 34.8 Å². The highest BCUT2D eigenvalue weighted by atomic mass is 35.5. The summed E-state index contributed by atoms with van der Waals surface area (Å²) in [7, 11) is 0. The van der Waals surface area contributed by atoms with Gasteiger partial charge in [-0.25, -0.2) is 0 Å². The lowest BCUT2D eigenvalue weighted by Crippen LogP contribution is -2.48. The second kappa shape index (κ2) is 12.5. The topological polar surface area (TPSA) is 52.7 Å². The fraction of sp³-hybridized carbons (Fsp3) is 0.188. The molecule has 8 heteroatoms. The van der Waals surface area contributed by atoms with E-state index in [1.54, 1.807) is 24.3 Å². The highest BCUT2D eigenvalue weighted by molar-refractivity contribution is 7.99. The number of anilines is 2. The molecule has 2 aliphatic heterocycles. The standard InChI is InChI=1S/C32H28ClN3O2S.ClH/c33-29-18-24(34-31(37)27-12-6-5-11-26(27)22-8-2-1-3-9-22)14-15-28(29)32(38)36-20-25-21-39-17-16-35(25)19-23-10-4-7-13-30(23)36;/h1-15,18,25H,16-17,19-21H2,(H,34,37);1H/t25-;/m0./s1. The van der Waals surface area contributed by atoms with Gasteiger partial charge >= 0.3 is 0 Å². The van der Waals surface area contributed by atoms with Crippen molar-refractivity contribution < 1.29 is 9.59 Å². The maximum atomic E-state index is 13.9. The Hall–Kier alpha value is -3.29. The molecule has 5 nitrogen and oxygen atoms in total. The molecule has 4 aromatic rings. The van der Waals surface area contributed by atoms with Crippen LogP contribution in [0.25, 0.3) is 11.1 Å². The Balaban J connectivity index is 0.00000323. The molecule has 0 saturated carbocycles. The number of rotatable bonds is 4. The van der Waals surface area contributed by atoms with Crippen LogP contribution in [-0.4, -0.2) is 47.4 Å². The number of fused-ring (bicyclic) bond motifs is 2. The second-order valence-corrected chi connectivity index (χ2v) is 11.4. The normalized spacial score (nSPS) is 16.6. The average Bonchev–Trinajstić information content (AvgIpc) is 3.14. The molecule has 4 aromatic carbocycles. The van der Waals surface area contributed by atoms with Crippen molar-refractivity contribution in [3.63, 3.8) is 0 Å². The zero-order chi connectivity index (χ0) is 26.8. The lowest BCUT2D eigenvalue weighted by molar-refractivity contribution is 0.0978. The minimum absolute atomic E-state index is 0. The van der Waals surface area contributed by atoms with Crippen LogP contribution in [-0.2, 0) is 6.54 Å². The predicted octanol–water partition coefficient (Wildman–Crippen LogP) is 7.26. The molecule has 1 atom stereocenters. The number of carbonyl (C=O) groups excluding carboxylic acids is 2. The smallest absolute Gasteiger partial charge is 0.259 e. The molecule has 2 heterocycles. The minimum Gasteiger partial charge on any atom is -0.322 e. The molecule has 0 spiro atoms. The van der Waals surface area contributed by atoms with Gasteiger partial charge in [0.1, 0.15) is 0 Å². The molecule has 0 radical (unpaired) electrons. The lowest BCUT2D eigenvalue weighted by Gasteiger charge is -2.35. The first-order valence-electron chi connectivity index (χ1n) is 13.1. The highest BCUT2D eigenvalue weighted by Crippen LogP contribution is 2.33. The van der Waals surface area contributed by atoms with E-state index in [1.807, 2.05) is 83.4 Å². The van der Waals surface area contributed by atoms with Gasteiger partial charge in [0.15, 0.2) is 0 Å². The van der Waals surface area contributed by atoms with Crippen LogP contribution in [0.15, 0.2) is 97.1 Å². The van der Waals surface area contributed by atoms with Gasteiger partial charge < -0.3 is 10.2 Å². The number of hydrogen-bond acceptors (Lipinski definition) is 4. The quantitative estimate of drug-likeness (QED) is 0.272. The van der Waals surface area contributed by atoms with E-state index >= 15 is 0 Å². The summed E-state index contributed by atoms with van der Waals surface area (Å²) in [5.41, 5.74) is 5.43. The molecule has 204 valence electrons. The monoisotopic (exact) mass is 589 g/mol. The van der Waals surface area contributed by atoms with Crippen LogP contribution in [0.4, 0.5) is 11.4 Å². The largest absolute Gasteiger partial charge is 0.322 e. The first kappa shape index (κ1) is 28.2. The number of carbonyl (C=O) groups is 2. The summed E-state index contributed by atoms with van der Waals surface area (Å²) in [6.07, 6.45) is 0. The number of thioether (sulfide) groups is 1. The Morgan fingerprint density at radius 3 is 2.45 bits per heavy atom. The van der Waals surface area contributed by atoms with Gasteiger partial charge in [0.2, 0.25) is 0 Å². The summed E-state index contributed by atoms with van der Waals surface area (Å²) in [5, 5.41) is 3.27. The van der Waals surface area contributed by atoms with Crippen molar-refractivity contribution in [2.24, 2.45) is 0 Å². The number of hydrogen-bond donors (Lipinski definition) is 1. The number of nitrogens with one attached hydrogen (secondary N) is 1. The van der Waals surface area contributed by atoms with E-state index in [2.05, 4.69) is 16.3 Å². The van der Waals surface area contributed by atoms with Crippen molar-refractivity contribution in [3.8, 4) is 11.1 Å². The summed E-state index contributed by atoms with van der Waals surface area (Å²) in [6, 6.07) is 30.9. The van der Waals surface area contributed by atoms with Crippen molar-refractivity contribution in [1.82, 2.24) is 4.90 Å². The Kier molecular flexibility index (Phi) is 8.81. The minimum atomic E-state index is -0.235. The Morgan fingerprint density at radius 2 is 1.62 bits per heavy atom. The second-order valence-electron chi connectivity index (χ2n) is 9.80. The fourth-order valence-corrected chi connectivity index (χ4v) is 6.73. The Morgan fingerprint density at radius 1 is 0.875 bits per heavy atom. The molecule has 1 N–H and O–H groups in total. The molecule has 0 bridgehead atoms. The third-order valence-corrected chi connectivity index (χ3v) is 8.76. The van der Waals surface area contributed by atoms with Gasteiger partial charge in [-0.1, -0.05) is 78.3 Å². The maximum Gasteiger partial charge on any atom is 0.259 e. The molecule has 2 amide bonds. The number of para-hydroxylation sites is 1. The summed E-state index contributed by atoms with van der Waals surface area (Å²) < 4.78 is 0. The Bertz CT molecular complexity index is 1530. The summed E-state index contributed by atoms with van der Waals surface area (Å²) in [4.78, 5) is 31.5. The van der Waals surface area contributed by atoms with Crippen LogP contribution >= 0.6 is 35.8 Å². The SMILES string of the molecule is Cl.O=C(Nc1ccc(C(=O)N2C[C@H]3CSCCN3Cc3ccccc32)c(Cl)c1)c1ccccc1-c1ccccc1. The molecule has 2 aliphatic rings. The van der Waals surface area contributed by atoms with E-state index in [0.29, 0.717) is 34.4 Å². The van der Waals surface area contributed by atoms with E-state index < -0.39 is 0 Å². The van der Waals surface area contributed by atoms with Crippen molar-refractivity contribution in [1.29, 1.82) is 0 Å². The molecule has 1 fully saturated rings. The van der Waals surface area contributed by atoms with Gasteiger partial charge in [-0.2, -0.15) is 11.8 Å². The molecule has 0 aromatic heterocycles. The number of halogens is 2. The van der Waals surface area contributed by atoms with E-state index in [9.17, 15) is 9.59 Å². The zero-order valence-corrected chi connectivity index (χ0v) is 24.1. The summed E-state index contributed by atoms with van der Waals surface area (Å²) >= 11 is 8.63. The zero-order valence-electron chi connectivity index (χ0n) is 21.8. The van der Waals surface area contributed by atoms with Crippen LogP contribution in [0.2, 0.25) is 5.02 Å². The number of benzene rings is 4. The molecule has 0 aliphatic carbocycles. The number of amides is 2. The van der Waals surface area contributed by atoms with Gasteiger partial charge in [0.25, 0.3) is 11.8 Å². The van der Waals surface area contributed by atoms with Gasteiger partial charge in [-0.15, -0.1) is 12.4 Å². The maximum absolute atomic E-state index is 13.9. The Labute approximate surface area is 249 Å². The van der Waals surface area contributed by atoms with Crippen LogP contribution in [0.5, 0.6) is 0 Å². The van der Waals surface area contributed by atoms with Gasteiger partial charge in [0.05, 0.1) is 10.6 Å². The average molecular weight is 591 g/mol. The van der Waals surface area contributed by atoms with Crippen molar-refractivity contribution >= 4 is 59.0 Å². The lowest BCUT2D eigenvalue weighted by atomic mass is 9.99. The molecule has 0 unspecified atom stereocenters. The van der Waals surface area contributed by atoms with E-state index in [4.69, 9.17) is 11.6 Å². The molecular formula is C32H29Cl2N3O2S. The van der Waals surface area contributed by atoms with Gasteiger partial charge in [-0.3, -0.25) is 14.5 Å². The van der Waals surface area contributed by atoms with E-state index in [0.717, 1.165) is 47.0 Å². The predicted molar refractivity (Wildman–Crippen MR) is 168 cm³/mol.